The van der Waals surface area contributed by atoms with Gasteiger partial charge in [0.1, 0.15) is 11.2 Å². The van der Waals surface area contributed by atoms with Crippen molar-refractivity contribution in [3.63, 3.8) is 0 Å². The van der Waals surface area contributed by atoms with Crippen LogP contribution in [0.15, 0.2) is 10.9 Å². The number of hydrogen-bond acceptors (Lipinski definition) is 6. The molecule has 10 heteroatoms. The average Bonchev–Trinajstić information content (AvgIpc) is 3.51. The number of nitrogens with one attached hydrogen (secondary N) is 1. The highest BCUT2D eigenvalue weighted by Crippen LogP contribution is 2.47. The Kier molecular flexibility index (Phi) is 4.44. The number of pyridine rings is 1. The molecular weight excluding hydrogens is 409 g/mol. The van der Waals surface area contributed by atoms with Gasteiger partial charge in [-0.25, -0.2) is 9.18 Å². The number of carbonyl (C=O) groups is 2. The zero-order valence-corrected chi connectivity index (χ0v) is 16.9. The predicted octanol–water partition coefficient (Wildman–Crippen LogP) is 1.60. The molecule has 3 fully saturated rings. The van der Waals surface area contributed by atoms with Crippen LogP contribution < -0.4 is 20.4 Å². The molecule has 1 amide bonds. The molecule has 3 heterocycles. The second-order valence-electron chi connectivity index (χ2n) is 8.33. The second-order valence-corrected chi connectivity index (χ2v) is 8.33. The largest absolute Gasteiger partial charge is 0.494 e. The van der Waals surface area contributed by atoms with E-state index >= 15 is 4.39 Å². The summed E-state index contributed by atoms with van der Waals surface area (Å²) >= 11 is 0. The molecule has 164 valence electrons. The van der Waals surface area contributed by atoms with Crippen LogP contribution >= 0.6 is 0 Å². The van der Waals surface area contributed by atoms with Crippen LogP contribution in [0.4, 0.5) is 10.1 Å². The number of aromatic nitrogens is 1. The van der Waals surface area contributed by atoms with Crippen molar-refractivity contribution in [3.05, 3.63) is 27.7 Å². The molecule has 2 aromatic rings. The first-order valence-electron chi connectivity index (χ1n) is 10.3. The number of ether oxygens (including phenoxy) is 1. The highest BCUT2D eigenvalue weighted by Gasteiger charge is 2.44. The number of amides is 1. The fourth-order valence-corrected chi connectivity index (χ4v) is 4.94. The van der Waals surface area contributed by atoms with Gasteiger partial charge in [0.15, 0.2) is 17.1 Å². The summed E-state index contributed by atoms with van der Waals surface area (Å²) in [6.45, 7) is 1.04. The lowest BCUT2D eigenvalue weighted by atomic mass is 9.94. The van der Waals surface area contributed by atoms with Gasteiger partial charge >= 0.3 is 5.97 Å². The average molecular weight is 431 g/mol. The van der Waals surface area contributed by atoms with Crippen LogP contribution in [-0.4, -0.2) is 52.9 Å². The number of carboxylic acid groups (broad SMARTS) is 1. The molecule has 5 rings (SSSR count). The van der Waals surface area contributed by atoms with E-state index in [2.05, 4.69) is 5.32 Å². The SMILES string of the molecule is COc1c(N2C[C@H]3NCCC[C@H]3C2=O)c(F)cc2c(=O)c(C(=O)O)c(O)n(C3CC3)c12. The molecule has 0 spiro atoms. The number of halogens is 1. The number of carboxylic acids is 1. The van der Waals surface area contributed by atoms with Crippen LogP contribution in [0.3, 0.4) is 0 Å². The molecular formula is C21H22FN3O6. The quantitative estimate of drug-likeness (QED) is 0.672. The van der Waals surface area contributed by atoms with Crippen LogP contribution in [0, 0.1) is 11.7 Å². The molecule has 2 atom stereocenters. The van der Waals surface area contributed by atoms with Crippen molar-refractivity contribution < 1.29 is 28.9 Å². The molecule has 0 unspecified atom stereocenters. The number of methoxy groups -OCH3 is 1. The van der Waals surface area contributed by atoms with Gasteiger partial charge in [0.05, 0.1) is 18.4 Å². The zero-order valence-electron chi connectivity index (χ0n) is 16.9. The lowest BCUT2D eigenvalue weighted by molar-refractivity contribution is -0.121. The topological polar surface area (TPSA) is 121 Å². The maximum absolute atomic E-state index is 15.4. The van der Waals surface area contributed by atoms with Gasteiger partial charge in [0.25, 0.3) is 0 Å². The number of nitrogens with zero attached hydrogens (tertiary/aromatic N) is 2. The van der Waals surface area contributed by atoms with E-state index in [1.807, 2.05) is 0 Å². The molecule has 2 aliphatic heterocycles. The van der Waals surface area contributed by atoms with Crippen molar-refractivity contribution in [2.45, 2.75) is 37.8 Å². The predicted molar refractivity (Wildman–Crippen MR) is 108 cm³/mol. The molecule has 31 heavy (non-hydrogen) atoms. The van der Waals surface area contributed by atoms with Crippen molar-refractivity contribution in [1.82, 2.24) is 9.88 Å². The highest BCUT2D eigenvalue weighted by molar-refractivity contribution is 6.05. The number of hydrogen-bond donors (Lipinski definition) is 3. The first kappa shape index (κ1) is 19.8. The summed E-state index contributed by atoms with van der Waals surface area (Å²) in [4.78, 5) is 38.9. The van der Waals surface area contributed by atoms with Crippen LogP contribution in [0.1, 0.15) is 42.1 Å². The minimum Gasteiger partial charge on any atom is -0.494 e. The Bertz CT molecular complexity index is 1190. The Hall–Kier alpha value is -3.14. The molecule has 1 aromatic heterocycles. The number of fused-ring (bicyclic) bond motifs is 2. The van der Waals surface area contributed by atoms with E-state index in [1.165, 1.54) is 16.6 Å². The third kappa shape index (κ3) is 2.81. The fourth-order valence-electron chi connectivity index (χ4n) is 4.94. The normalized spacial score (nSPS) is 23.3. The molecule has 9 nitrogen and oxygen atoms in total. The summed E-state index contributed by atoms with van der Waals surface area (Å²) in [5, 5.41) is 23.2. The van der Waals surface area contributed by atoms with Gasteiger partial charge < -0.3 is 29.7 Å². The standard InChI is InChI=1S/C21H22FN3O6/c1-31-18-15-11(17(26)14(21(29)30)20(28)25(15)9-4-5-9)7-12(22)16(18)24-8-13-10(19(24)27)3-2-6-23-13/h7,9-10,13,23,28H,2-6,8H2,1H3,(H,29,30)/t10-,13-/m1/s1. The number of aromatic carboxylic acids is 1. The van der Waals surface area contributed by atoms with Crippen molar-refractivity contribution in [3.8, 4) is 11.6 Å². The summed E-state index contributed by atoms with van der Waals surface area (Å²) in [6.07, 6.45) is 2.89. The van der Waals surface area contributed by atoms with E-state index in [-0.39, 0.29) is 52.8 Å². The number of anilines is 1. The molecule has 0 bridgehead atoms. The van der Waals surface area contributed by atoms with Gasteiger partial charge in [0.2, 0.25) is 17.2 Å². The summed E-state index contributed by atoms with van der Waals surface area (Å²) in [6, 6.07) is 0.601. The summed E-state index contributed by atoms with van der Waals surface area (Å²) < 4.78 is 22.2. The molecule has 3 aliphatic rings. The molecule has 1 saturated carbocycles. The monoisotopic (exact) mass is 431 g/mol. The van der Waals surface area contributed by atoms with Gasteiger partial charge in [-0.2, -0.15) is 0 Å². The Morgan fingerprint density at radius 2 is 2.03 bits per heavy atom. The van der Waals surface area contributed by atoms with Crippen molar-refractivity contribution in [1.29, 1.82) is 0 Å². The lowest BCUT2D eigenvalue weighted by Gasteiger charge is -2.24. The Morgan fingerprint density at radius 3 is 2.65 bits per heavy atom. The van der Waals surface area contributed by atoms with Crippen molar-refractivity contribution in [2.75, 3.05) is 25.1 Å². The second kappa shape index (κ2) is 6.94. The maximum Gasteiger partial charge on any atom is 0.345 e. The van der Waals surface area contributed by atoms with Crippen LogP contribution in [-0.2, 0) is 4.79 Å². The lowest BCUT2D eigenvalue weighted by Crippen LogP contribution is -2.41. The smallest absolute Gasteiger partial charge is 0.345 e. The molecule has 1 aromatic carbocycles. The minimum absolute atomic E-state index is 0.0572. The maximum atomic E-state index is 15.4. The first-order valence-corrected chi connectivity index (χ1v) is 10.3. The van der Waals surface area contributed by atoms with Crippen molar-refractivity contribution >= 4 is 28.5 Å². The van der Waals surface area contributed by atoms with E-state index in [4.69, 9.17) is 4.74 Å². The number of aromatic hydroxyl groups is 1. The number of carbonyl (C=O) groups excluding carboxylic acids is 1. The highest BCUT2D eigenvalue weighted by atomic mass is 19.1. The Balaban J connectivity index is 1.80. The molecule has 2 saturated heterocycles. The minimum atomic E-state index is -1.59. The van der Waals surface area contributed by atoms with Crippen LogP contribution in [0.2, 0.25) is 0 Å². The van der Waals surface area contributed by atoms with Crippen LogP contribution in [0.5, 0.6) is 11.6 Å². The Morgan fingerprint density at radius 1 is 1.29 bits per heavy atom. The van der Waals surface area contributed by atoms with E-state index < -0.39 is 28.7 Å². The van der Waals surface area contributed by atoms with Gasteiger partial charge in [-0.15, -0.1) is 0 Å². The van der Waals surface area contributed by atoms with Gasteiger partial charge in [-0.05, 0) is 38.3 Å². The Labute approximate surface area is 176 Å². The summed E-state index contributed by atoms with van der Waals surface area (Å²) in [5.74, 6) is -3.67. The van der Waals surface area contributed by atoms with Gasteiger partial charge in [0, 0.05) is 18.6 Å². The summed E-state index contributed by atoms with van der Waals surface area (Å²) in [5.41, 5.74) is -1.79. The fraction of sp³-hybridized carbons (Fsp3) is 0.476. The van der Waals surface area contributed by atoms with E-state index in [0.29, 0.717) is 19.3 Å². The van der Waals surface area contributed by atoms with E-state index in [1.54, 1.807) is 0 Å². The molecule has 1 aliphatic carbocycles. The molecule has 3 N–H and O–H groups in total. The number of rotatable bonds is 4. The zero-order chi connectivity index (χ0) is 22.0. The van der Waals surface area contributed by atoms with Crippen LogP contribution in [0.25, 0.3) is 10.9 Å². The summed E-state index contributed by atoms with van der Waals surface area (Å²) in [7, 11) is 1.30. The third-order valence-electron chi connectivity index (χ3n) is 6.49. The third-order valence-corrected chi connectivity index (χ3v) is 6.49. The molecule has 0 radical (unpaired) electrons. The van der Waals surface area contributed by atoms with E-state index in [0.717, 1.165) is 19.0 Å². The number of benzene rings is 1. The first-order chi connectivity index (χ1) is 14.8. The van der Waals surface area contributed by atoms with Crippen molar-refractivity contribution in [2.24, 2.45) is 5.92 Å². The van der Waals surface area contributed by atoms with Gasteiger partial charge in [-0.3, -0.25) is 9.59 Å². The van der Waals surface area contributed by atoms with Gasteiger partial charge in [-0.1, -0.05) is 0 Å². The number of piperidine rings is 1. The van der Waals surface area contributed by atoms with E-state index in [9.17, 15) is 24.6 Å².